The molecule has 1 aromatic carbocycles. The average molecular weight is 264 g/mol. The molecule has 2 amide bonds. The van der Waals surface area contributed by atoms with Crippen LogP contribution in [0.4, 0.5) is 5.69 Å². The number of nitro groups is 1. The molecule has 1 aliphatic heterocycles. The first-order valence-electron chi connectivity index (χ1n) is 5.17. The van der Waals surface area contributed by atoms with Crippen LogP contribution < -0.4 is 0 Å². The summed E-state index contributed by atoms with van der Waals surface area (Å²) in [6.07, 6.45) is 0. The summed E-state index contributed by atoms with van der Waals surface area (Å²) in [4.78, 5) is 45.7. The highest BCUT2D eigenvalue weighted by atomic mass is 16.6. The van der Waals surface area contributed by atoms with Gasteiger partial charge in [0.2, 0.25) is 0 Å². The first-order valence-corrected chi connectivity index (χ1v) is 5.17. The van der Waals surface area contributed by atoms with Crippen molar-refractivity contribution in [3.63, 3.8) is 0 Å². The molecule has 0 saturated heterocycles. The molecule has 1 heterocycles. The van der Waals surface area contributed by atoms with Gasteiger partial charge in [-0.25, -0.2) is 0 Å². The molecule has 0 unspecified atom stereocenters. The van der Waals surface area contributed by atoms with Gasteiger partial charge in [0.1, 0.15) is 12.1 Å². The van der Waals surface area contributed by atoms with Crippen LogP contribution in [0.5, 0.6) is 0 Å². The molecule has 19 heavy (non-hydrogen) atoms. The highest BCUT2D eigenvalue weighted by Crippen LogP contribution is 2.30. The van der Waals surface area contributed by atoms with E-state index in [1.165, 1.54) is 12.1 Å². The lowest BCUT2D eigenvalue weighted by Gasteiger charge is -2.11. The maximum absolute atomic E-state index is 12.0. The number of methoxy groups -OCH3 is 1. The predicted molar refractivity (Wildman–Crippen MR) is 60.5 cm³/mol. The van der Waals surface area contributed by atoms with E-state index in [1.54, 1.807) is 0 Å². The summed E-state index contributed by atoms with van der Waals surface area (Å²) in [6, 6.07) is 3.75. The quantitative estimate of drug-likeness (QED) is 0.337. The maximum atomic E-state index is 12.0. The summed E-state index contributed by atoms with van der Waals surface area (Å²) in [7, 11) is 1.11. The largest absolute Gasteiger partial charge is 0.468 e. The van der Waals surface area contributed by atoms with Gasteiger partial charge in [-0.05, 0) is 6.07 Å². The highest BCUT2D eigenvalue weighted by Gasteiger charge is 2.41. The van der Waals surface area contributed by atoms with Crippen LogP contribution in [0, 0.1) is 10.1 Å². The number of ether oxygens (including phenoxy) is 1. The third-order valence-corrected chi connectivity index (χ3v) is 2.69. The molecule has 1 aromatic rings. The smallest absolute Gasteiger partial charge is 0.325 e. The van der Waals surface area contributed by atoms with Crippen molar-refractivity contribution in [1.29, 1.82) is 0 Å². The van der Waals surface area contributed by atoms with E-state index < -0.39 is 34.9 Å². The molecule has 8 heteroatoms. The van der Waals surface area contributed by atoms with Crippen LogP contribution in [-0.4, -0.2) is 41.3 Å². The second-order valence-corrected chi connectivity index (χ2v) is 3.73. The Balaban J connectivity index is 2.47. The number of nitrogens with zero attached hydrogens (tertiary/aromatic N) is 2. The van der Waals surface area contributed by atoms with Gasteiger partial charge in [0.25, 0.3) is 17.5 Å². The van der Waals surface area contributed by atoms with Gasteiger partial charge in [-0.15, -0.1) is 0 Å². The molecule has 0 aromatic heterocycles. The van der Waals surface area contributed by atoms with Crippen molar-refractivity contribution in [2.45, 2.75) is 0 Å². The number of esters is 1. The standard InChI is InChI=1S/C11H8N2O6/c1-19-8(14)5-12-10(15)6-3-2-4-7(13(17)18)9(6)11(12)16/h2-4H,5H2,1H3. The van der Waals surface area contributed by atoms with E-state index in [0.717, 1.165) is 13.2 Å². The monoisotopic (exact) mass is 264 g/mol. The van der Waals surface area contributed by atoms with Gasteiger partial charge in [0.15, 0.2) is 0 Å². The summed E-state index contributed by atoms with van der Waals surface area (Å²) in [5, 5.41) is 10.8. The fraction of sp³-hybridized carbons (Fsp3) is 0.182. The van der Waals surface area contributed by atoms with Crippen LogP contribution >= 0.6 is 0 Å². The molecule has 0 bridgehead atoms. The van der Waals surface area contributed by atoms with E-state index >= 15 is 0 Å². The summed E-state index contributed by atoms with van der Waals surface area (Å²) in [5.74, 6) is -2.39. The number of benzene rings is 1. The minimum atomic E-state index is -0.863. The van der Waals surface area contributed by atoms with Crippen molar-refractivity contribution >= 4 is 23.5 Å². The summed E-state index contributed by atoms with van der Waals surface area (Å²) < 4.78 is 4.37. The maximum Gasteiger partial charge on any atom is 0.325 e. The van der Waals surface area contributed by atoms with Gasteiger partial charge < -0.3 is 4.74 Å². The van der Waals surface area contributed by atoms with Gasteiger partial charge in [-0.2, -0.15) is 0 Å². The third kappa shape index (κ3) is 1.92. The minimum absolute atomic E-state index is 0.0805. The van der Waals surface area contributed by atoms with Crippen molar-refractivity contribution < 1.29 is 24.0 Å². The van der Waals surface area contributed by atoms with Crippen LogP contribution in [-0.2, 0) is 9.53 Å². The molecule has 0 atom stereocenters. The number of rotatable bonds is 3. The number of imide groups is 1. The second-order valence-electron chi connectivity index (χ2n) is 3.73. The van der Waals surface area contributed by atoms with Crippen molar-refractivity contribution in [3.05, 3.63) is 39.4 Å². The van der Waals surface area contributed by atoms with E-state index in [-0.39, 0.29) is 11.1 Å². The third-order valence-electron chi connectivity index (χ3n) is 2.69. The number of carbonyl (C=O) groups excluding carboxylic acids is 3. The zero-order chi connectivity index (χ0) is 14.2. The number of nitro benzene ring substituents is 1. The molecule has 2 rings (SSSR count). The second kappa shape index (κ2) is 4.48. The lowest BCUT2D eigenvalue weighted by Crippen LogP contribution is -2.35. The first-order chi connectivity index (χ1) is 8.97. The van der Waals surface area contributed by atoms with E-state index in [1.807, 2.05) is 0 Å². The molecule has 8 nitrogen and oxygen atoms in total. The molecule has 0 fully saturated rings. The summed E-state index contributed by atoms with van der Waals surface area (Å²) >= 11 is 0. The zero-order valence-corrected chi connectivity index (χ0v) is 9.78. The van der Waals surface area contributed by atoms with Crippen LogP contribution in [0.25, 0.3) is 0 Å². The van der Waals surface area contributed by atoms with Crippen LogP contribution in [0.15, 0.2) is 18.2 Å². The number of amides is 2. The Kier molecular flexibility index (Phi) is 2.99. The number of hydrogen-bond acceptors (Lipinski definition) is 6. The molecule has 0 spiro atoms. The first kappa shape index (κ1) is 12.7. The fourth-order valence-corrected chi connectivity index (χ4v) is 1.81. The summed E-state index contributed by atoms with van der Waals surface area (Å²) in [5.41, 5.74) is -0.826. The van der Waals surface area contributed by atoms with E-state index in [2.05, 4.69) is 4.74 Å². The van der Waals surface area contributed by atoms with Gasteiger partial charge >= 0.3 is 5.97 Å². The van der Waals surface area contributed by atoms with Crippen molar-refractivity contribution in [2.75, 3.05) is 13.7 Å². The van der Waals surface area contributed by atoms with Gasteiger partial charge in [-0.3, -0.25) is 29.4 Å². The topological polar surface area (TPSA) is 107 Å². The molecule has 0 saturated carbocycles. The number of hydrogen-bond donors (Lipinski definition) is 0. The molecular formula is C11H8N2O6. The van der Waals surface area contributed by atoms with Crippen molar-refractivity contribution in [1.82, 2.24) is 4.90 Å². The Hall–Kier alpha value is -2.77. The van der Waals surface area contributed by atoms with E-state index in [0.29, 0.717) is 4.90 Å². The van der Waals surface area contributed by atoms with Gasteiger partial charge in [0.05, 0.1) is 17.6 Å². The number of fused-ring (bicyclic) bond motifs is 1. The Morgan fingerprint density at radius 3 is 2.63 bits per heavy atom. The predicted octanol–water partition coefficient (Wildman–Crippen LogP) is 0.364. The SMILES string of the molecule is COC(=O)CN1C(=O)c2cccc([N+](=O)[O-])c2C1=O. The Morgan fingerprint density at radius 2 is 2.05 bits per heavy atom. The molecule has 98 valence electrons. The summed E-state index contributed by atoms with van der Waals surface area (Å²) in [6.45, 7) is -0.569. The van der Waals surface area contributed by atoms with E-state index in [9.17, 15) is 24.5 Å². The Bertz CT molecular complexity index is 609. The Morgan fingerprint density at radius 1 is 1.37 bits per heavy atom. The average Bonchev–Trinajstić information content (AvgIpc) is 2.63. The lowest BCUT2D eigenvalue weighted by atomic mass is 10.1. The molecule has 0 aliphatic carbocycles. The highest BCUT2D eigenvalue weighted by molar-refractivity contribution is 6.24. The van der Waals surface area contributed by atoms with Gasteiger partial charge in [-0.1, -0.05) is 6.07 Å². The Labute approximate surface area is 106 Å². The molecule has 1 aliphatic rings. The van der Waals surface area contributed by atoms with Crippen molar-refractivity contribution in [2.24, 2.45) is 0 Å². The molecular weight excluding hydrogens is 256 g/mol. The fourth-order valence-electron chi connectivity index (χ4n) is 1.81. The minimum Gasteiger partial charge on any atom is -0.468 e. The van der Waals surface area contributed by atoms with Crippen LogP contribution in [0.3, 0.4) is 0 Å². The normalized spacial score (nSPS) is 13.4. The molecule has 0 radical (unpaired) electrons. The zero-order valence-electron chi connectivity index (χ0n) is 9.78. The lowest BCUT2D eigenvalue weighted by molar-refractivity contribution is -0.385. The molecule has 0 N–H and O–H groups in total. The van der Waals surface area contributed by atoms with E-state index in [4.69, 9.17) is 0 Å². The van der Waals surface area contributed by atoms with Gasteiger partial charge in [0, 0.05) is 6.07 Å². The number of carbonyl (C=O) groups is 3. The van der Waals surface area contributed by atoms with Crippen LogP contribution in [0.2, 0.25) is 0 Å². The van der Waals surface area contributed by atoms with Crippen molar-refractivity contribution in [3.8, 4) is 0 Å². The van der Waals surface area contributed by atoms with Crippen LogP contribution in [0.1, 0.15) is 20.7 Å².